The summed E-state index contributed by atoms with van der Waals surface area (Å²) in [5, 5.41) is 2.18. The minimum Gasteiger partial charge on any atom is -0.149 e. The normalized spacial score (nSPS) is 14.9. The van der Waals surface area contributed by atoms with Gasteiger partial charge in [-0.2, -0.15) is 0 Å². The predicted octanol–water partition coefficient (Wildman–Crippen LogP) is 4.53. The summed E-state index contributed by atoms with van der Waals surface area (Å²) in [4.78, 5) is 1.53. The highest BCUT2D eigenvalue weighted by Gasteiger charge is 2.29. The van der Waals surface area contributed by atoms with Gasteiger partial charge in [0.25, 0.3) is 0 Å². The number of hydrogen-bond donors (Lipinski definition) is 0. The molecule has 0 aliphatic rings. The van der Waals surface area contributed by atoms with E-state index in [1.807, 2.05) is 11.3 Å². The lowest BCUT2D eigenvalue weighted by Gasteiger charge is -2.33. The number of thiophene rings is 1. The highest BCUT2D eigenvalue weighted by Crippen LogP contribution is 2.42. The summed E-state index contributed by atoms with van der Waals surface area (Å²) in [6, 6.07) is 4.42. The Hall–Kier alpha value is -0.300. The van der Waals surface area contributed by atoms with E-state index in [1.54, 1.807) is 0 Å². The van der Waals surface area contributed by atoms with Gasteiger partial charge in [0.2, 0.25) is 0 Å². The van der Waals surface area contributed by atoms with Crippen molar-refractivity contribution in [2.24, 2.45) is 11.3 Å². The van der Waals surface area contributed by atoms with Gasteiger partial charge in [0.1, 0.15) is 0 Å². The number of hydrogen-bond acceptors (Lipinski definition) is 1. The Kier molecular flexibility index (Phi) is 3.18. The van der Waals surface area contributed by atoms with Crippen LogP contribution in [0.2, 0.25) is 0 Å². The Morgan fingerprint density at radius 1 is 1.23 bits per heavy atom. The molecule has 0 saturated carbocycles. The number of rotatable bonds is 2. The second-order valence-electron chi connectivity index (χ2n) is 5.10. The summed E-state index contributed by atoms with van der Waals surface area (Å²) >= 11 is 1.89. The average Bonchev–Trinajstić information content (AvgIpc) is 2.34. The molecule has 13 heavy (non-hydrogen) atoms. The second-order valence-corrected chi connectivity index (χ2v) is 6.08. The maximum atomic E-state index is 2.33. The molecular weight excluding hydrogens is 176 g/mol. The highest BCUT2D eigenvalue weighted by molar-refractivity contribution is 7.10. The van der Waals surface area contributed by atoms with Gasteiger partial charge in [0.05, 0.1) is 0 Å². The smallest absolute Gasteiger partial charge is 0.00839 e. The molecule has 1 rings (SSSR count). The molecule has 0 aromatic carbocycles. The average molecular weight is 196 g/mol. The fourth-order valence-corrected chi connectivity index (χ4v) is 3.47. The van der Waals surface area contributed by atoms with Crippen LogP contribution in [0.4, 0.5) is 0 Å². The predicted molar refractivity (Wildman–Crippen MR) is 61.4 cm³/mol. The lowest BCUT2D eigenvalue weighted by Crippen LogP contribution is -2.22. The zero-order valence-electron chi connectivity index (χ0n) is 9.29. The summed E-state index contributed by atoms with van der Waals surface area (Å²) < 4.78 is 0. The Balaban J connectivity index is 2.94. The largest absolute Gasteiger partial charge is 0.149 e. The van der Waals surface area contributed by atoms with Crippen LogP contribution in [0.15, 0.2) is 17.5 Å². The van der Waals surface area contributed by atoms with Crippen LogP contribution in [0.1, 0.15) is 45.4 Å². The Bertz CT molecular complexity index is 239. The van der Waals surface area contributed by atoms with Crippen LogP contribution in [0, 0.1) is 11.3 Å². The van der Waals surface area contributed by atoms with Gasteiger partial charge in [-0.3, -0.25) is 0 Å². The topological polar surface area (TPSA) is 0 Å². The van der Waals surface area contributed by atoms with Gasteiger partial charge in [-0.25, -0.2) is 0 Å². The molecule has 0 aliphatic heterocycles. The fourth-order valence-electron chi connectivity index (χ4n) is 2.22. The quantitative estimate of drug-likeness (QED) is 0.651. The lowest BCUT2D eigenvalue weighted by molar-refractivity contribution is 0.262. The molecule has 74 valence electrons. The Morgan fingerprint density at radius 3 is 2.15 bits per heavy atom. The highest BCUT2D eigenvalue weighted by atomic mass is 32.1. The van der Waals surface area contributed by atoms with Crippen molar-refractivity contribution in [3.05, 3.63) is 22.4 Å². The van der Waals surface area contributed by atoms with Crippen molar-refractivity contribution >= 4 is 11.3 Å². The van der Waals surface area contributed by atoms with Gasteiger partial charge < -0.3 is 0 Å². The first-order valence-electron chi connectivity index (χ1n) is 4.96. The molecule has 0 radical (unpaired) electrons. The molecule has 0 amide bonds. The first kappa shape index (κ1) is 10.8. The van der Waals surface area contributed by atoms with Crippen LogP contribution in [0.5, 0.6) is 0 Å². The van der Waals surface area contributed by atoms with E-state index in [-0.39, 0.29) is 0 Å². The van der Waals surface area contributed by atoms with Crippen molar-refractivity contribution in [3.63, 3.8) is 0 Å². The van der Waals surface area contributed by atoms with Crippen molar-refractivity contribution in [3.8, 4) is 0 Å². The van der Waals surface area contributed by atoms with E-state index >= 15 is 0 Å². The Morgan fingerprint density at radius 2 is 1.85 bits per heavy atom. The fraction of sp³-hybridized carbons (Fsp3) is 0.667. The van der Waals surface area contributed by atoms with Gasteiger partial charge in [-0.15, -0.1) is 11.3 Å². The first-order valence-corrected chi connectivity index (χ1v) is 5.84. The van der Waals surface area contributed by atoms with Crippen LogP contribution in [0.3, 0.4) is 0 Å². The molecule has 0 N–H and O–H groups in total. The van der Waals surface area contributed by atoms with Gasteiger partial charge in [-0.1, -0.05) is 40.7 Å². The van der Waals surface area contributed by atoms with Gasteiger partial charge in [0, 0.05) is 10.8 Å². The van der Waals surface area contributed by atoms with Gasteiger partial charge in [-0.05, 0) is 22.8 Å². The third-order valence-corrected chi connectivity index (χ3v) is 3.40. The van der Waals surface area contributed by atoms with E-state index < -0.39 is 0 Å². The van der Waals surface area contributed by atoms with E-state index in [0.717, 1.165) is 5.92 Å². The molecule has 1 heteroatoms. The summed E-state index contributed by atoms with van der Waals surface area (Å²) in [6.07, 6.45) is 0. The van der Waals surface area contributed by atoms with Crippen LogP contribution in [-0.4, -0.2) is 0 Å². The molecule has 0 bridgehead atoms. The lowest BCUT2D eigenvalue weighted by atomic mass is 9.73. The van der Waals surface area contributed by atoms with E-state index in [0.29, 0.717) is 11.3 Å². The minimum atomic E-state index is 0.374. The molecule has 1 unspecified atom stereocenters. The molecule has 1 aromatic rings. The molecule has 1 heterocycles. The minimum absolute atomic E-state index is 0.374. The SMILES string of the molecule is CC(C)C(c1cccs1)C(C)(C)C. The summed E-state index contributed by atoms with van der Waals surface area (Å²) in [5.41, 5.74) is 0.374. The van der Waals surface area contributed by atoms with E-state index in [2.05, 4.69) is 52.1 Å². The first-order chi connectivity index (χ1) is 5.93. The molecule has 1 atom stereocenters. The van der Waals surface area contributed by atoms with Gasteiger partial charge >= 0.3 is 0 Å². The molecule has 0 fully saturated rings. The van der Waals surface area contributed by atoms with E-state index in [1.165, 1.54) is 4.88 Å². The van der Waals surface area contributed by atoms with Crippen molar-refractivity contribution in [2.45, 2.75) is 40.5 Å². The molecule has 0 aliphatic carbocycles. The van der Waals surface area contributed by atoms with Gasteiger partial charge in [0.15, 0.2) is 0 Å². The third-order valence-electron chi connectivity index (χ3n) is 2.45. The van der Waals surface area contributed by atoms with Crippen LogP contribution in [-0.2, 0) is 0 Å². The van der Waals surface area contributed by atoms with Crippen LogP contribution < -0.4 is 0 Å². The summed E-state index contributed by atoms with van der Waals surface area (Å²) in [6.45, 7) is 11.6. The third kappa shape index (κ3) is 2.57. The standard InChI is InChI=1S/C12H20S/c1-9(2)11(12(3,4)5)10-7-6-8-13-10/h6-9,11H,1-5H3. The maximum Gasteiger partial charge on any atom is 0.00839 e. The monoisotopic (exact) mass is 196 g/mol. The van der Waals surface area contributed by atoms with Crippen molar-refractivity contribution in [1.29, 1.82) is 0 Å². The van der Waals surface area contributed by atoms with Crippen molar-refractivity contribution in [2.75, 3.05) is 0 Å². The molecule has 0 spiro atoms. The molecular formula is C12H20S. The molecule has 1 aromatic heterocycles. The van der Waals surface area contributed by atoms with E-state index in [4.69, 9.17) is 0 Å². The summed E-state index contributed by atoms with van der Waals surface area (Å²) in [5.74, 6) is 1.41. The Labute approximate surface area is 86.0 Å². The van der Waals surface area contributed by atoms with Crippen LogP contribution in [0.25, 0.3) is 0 Å². The zero-order chi connectivity index (χ0) is 10.1. The van der Waals surface area contributed by atoms with Crippen LogP contribution >= 0.6 is 11.3 Å². The second kappa shape index (κ2) is 3.83. The van der Waals surface area contributed by atoms with Crippen molar-refractivity contribution in [1.82, 2.24) is 0 Å². The van der Waals surface area contributed by atoms with Crippen molar-refractivity contribution < 1.29 is 0 Å². The zero-order valence-corrected chi connectivity index (χ0v) is 10.1. The molecule has 0 saturated heterocycles. The molecule has 0 nitrogen and oxygen atoms in total. The summed E-state index contributed by atoms with van der Waals surface area (Å²) in [7, 11) is 0. The maximum absolute atomic E-state index is 2.33. The van der Waals surface area contributed by atoms with E-state index in [9.17, 15) is 0 Å².